The van der Waals surface area contributed by atoms with E-state index in [1.807, 2.05) is 54.6 Å². The number of aromatic nitrogens is 3. The Morgan fingerprint density at radius 1 is 1.12 bits per heavy atom. The molecule has 25 heavy (non-hydrogen) atoms. The van der Waals surface area contributed by atoms with Crippen LogP contribution in [0.15, 0.2) is 60.8 Å². The summed E-state index contributed by atoms with van der Waals surface area (Å²) in [6, 6.07) is 17.6. The van der Waals surface area contributed by atoms with Gasteiger partial charge in [-0.25, -0.2) is 0 Å². The van der Waals surface area contributed by atoms with Crippen LogP contribution in [0.1, 0.15) is 12.6 Å². The Hall–Kier alpha value is -3.21. The van der Waals surface area contributed by atoms with E-state index in [1.165, 1.54) is 0 Å². The van der Waals surface area contributed by atoms with E-state index in [1.54, 1.807) is 10.9 Å². The van der Waals surface area contributed by atoms with Crippen molar-refractivity contribution in [3.63, 3.8) is 0 Å². The molecule has 5 nitrogen and oxygen atoms in total. The summed E-state index contributed by atoms with van der Waals surface area (Å²) < 4.78 is 1.72. The molecule has 0 atom stereocenters. The number of nitrogens with one attached hydrogen (secondary N) is 1. The van der Waals surface area contributed by atoms with Gasteiger partial charge in [0.25, 0.3) is 0 Å². The standard InChI is InChI=1S/C20H18N4O/c1-2-15-11-18(16-8-4-5-9-17(16)22-15)23-20(25)13-24-19-10-6-3-7-14(19)12-21-24/h3-12H,2,13H2,1H3,(H,22,23,25). The Kier molecular flexibility index (Phi) is 3.90. The van der Waals surface area contributed by atoms with Gasteiger partial charge in [-0.1, -0.05) is 43.3 Å². The fourth-order valence-corrected chi connectivity index (χ4v) is 2.99. The van der Waals surface area contributed by atoms with Crippen LogP contribution in [-0.2, 0) is 17.8 Å². The molecule has 0 unspecified atom stereocenters. The summed E-state index contributed by atoms with van der Waals surface area (Å²) in [4.78, 5) is 17.2. The van der Waals surface area contributed by atoms with E-state index in [-0.39, 0.29) is 12.5 Å². The zero-order valence-corrected chi connectivity index (χ0v) is 13.9. The van der Waals surface area contributed by atoms with Crippen molar-refractivity contribution in [3.05, 3.63) is 66.5 Å². The van der Waals surface area contributed by atoms with E-state index < -0.39 is 0 Å². The van der Waals surface area contributed by atoms with Crippen LogP contribution in [0.4, 0.5) is 5.69 Å². The van der Waals surface area contributed by atoms with Crippen LogP contribution in [0.25, 0.3) is 21.8 Å². The van der Waals surface area contributed by atoms with Crippen molar-refractivity contribution in [2.45, 2.75) is 19.9 Å². The van der Waals surface area contributed by atoms with E-state index in [0.29, 0.717) is 0 Å². The zero-order valence-electron chi connectivity index (χ0n) is 13.9. The highest BCUT2D eigenvalue weighted by atomic mass is 16.2. The fraction of sp³-hybridized carbons (Fsp3) is 0.150. The molecule has 0 aliphatic rings. The molecule has 0 aliphatic carbocycles. The lowest BCUT2D eigenvalue weighted by molar-refractivity contribution is -0.116. The van der Waals surface area contributed by atoms with E-state index in [4.69, 9.17) is 0 Å². The van der Waals surface area contributed by atoms with Crippen molar-refractivity contribution in [1.29, 1.82) is 0 Å². The summed E-state index contributed by atoms with van der Waals surface area (Å²) in [5.41, 5.74) is 3.59. The molecule has 4 aromatic rings. The summed E-state index contributed by atoms with van der Waals surface area (Å²) in [6.07, 6.45) is 2.59. The van der Waals surface area contributed by atoms with Crippen LogP contribution in [0.2, 0.25) is 0 Å². The van der Waals surface area contributed by atoms with Crippen molar-refractivity contribution in [1.82, 2.24) is 14.8 Å². The van der Waals surface area contributed by atoms with Crippen molar-refractivity contribution in [3.8, 4) is 0 Å². The highest BCUT2D eigenvalue weighted by molar-refractivity contribution is 6.01. The molecule has 2 aromatic heterocycles. The largest absolute Gasteiger partial charge is 0.324 e. The topological polar surface area (TPSA) is 59.8 Å². The number of aryl methyl sites for hydroxylation is 1. The number of rotatable bonds is 4. The predicted octanol–water partition coefficient (Wildman–Crippen LogP) is 3.79. The average Bonchev–Trinajstić information content (AvgIpc) is 3.04. The molecule has 0 spiro atoms. The number of carbonyl (C=O) groups excluding carboxylic acids is 1. The summed E-state index contributed by atoms with van der Waals surface area (Å²) >= 11 is 0. The van der Waals surface area contributed by atoms with Gasteiger partial charge >= 0.3 is 0 Å². The normalized spacial score (nSPS) is 11.1. The molecule has 0 radical (unpaired) electrons. The molecule has 2 aromatic carbocycles. The van der Waals surface area contributed by atoms with Crippen LogP contribution in [0, 0.1) is 0 Å². The number of pyridine rings is 1. The van der Waals surface area contributed by atoms with Gasteiger partial charge in [-0.3, -0.25) is 14.5 Å². The van der Waals surface area contributed by atoms with Crippen molar-refractivity contribution < 1.29 is 4.79 Å². The monoisotopic (exact) mass is 330 g/mol. The molecule has 4 rings (SSSR count). The van der Waals surface area contributed by atoms with Gasteiger partial charge in [0.15, 0.2) is 0 Å². The van der Waals surface area contributed by atoms with E-state index in [2.05, 4.69) is 22.3 Å². The number of para-hydroxylation sites is 2. The van der Waals surface area contributed by atoms with Gasteiger partial charge in [-0.05, 0) is 24.6 Å². The third-order valence-electron chi connectivity index (χ3n) is 4.25. The molecule has 2 heterocycles. The number of amides is 1. The molecular weight excluding hydrogens is 312 g/mol. The van der Waals surface area contributed by atoms with Crippen molar-refractivity contribution in [2.75, 3.05) is 5.32 Å². The molecule has 0 aliphatic heterocycles. The van der Waals surface area contributed by atoms with Gasteiger partial charge in [0.2, 0.25) is 5.91 Å². The number of nitrogens with zero attached hydrogens (tertiary/aromatic N) is 3. The number of carbonyl (C=O) groups is 1. The smallest absolute Gasteiger partial charge is 0.246 e. The molecule has 0 bridgehead atoms. The van der Waals surface area contributed by atoms with Crippen LogP contribution in [0.5, 0.6) is 0 Å². The lowest BCUT2D eigenvalue weighted by Gasteiger charge is -2.11. The van der Waals surface area contributed by atoms with Gasteiger partial charge in [-0.15, -0.1) is 0 Å². The van der Waals surface area contributed by atoms with E-state index in [0.717, 1.165) is 39.6 Å². The summed E-state index contributed by atoms with van der Waals surface area (Å²) in [6.45, 7) is 2.23. The summed E-state index contributed by atoms with van der Waals surface area (Å²) in [5.74, 6) is -0.104. The Bertz CT molecular complexity index is 1070. The van der Waals surface area contributed by atoms with Gasteiger partial charge in [0, 0.05) is 16.5 Å². The van der Waals surface area contributed by atoms with E-state index >= 15 is 0 Å². The van der Waals surface area contributed by atoms with Crippen LogP contribution >= 0.6 is 0 Å². The maximum Gasteiger partial charge on any atom is 0.246 e. The van der Waals surface area contributed by atoms with Gasteiger partial charge in [0.1, 0.15) is 6.54 Å². The Morgan fingerprint density at radius 3 is 2.80 bits per heavy atom. The Labute approximate surface area is 145 Å². The first-order chi connectivity index (χ1) is 12.2. The molecule has 124 valence electrons. The van der Waals surface area contributed by atoms with Crippen LogP contribution < -0.4 is 5.32 Å². The van der Waals surface area contributed by atoms with Gasteiger partial charge in [0.05, 0.1) is 22.9 Å². The van der Waals surface area contributed by atoms with Crippen LogP contribution in [-0.4, -0.2) is 20.7 Å². The molecule has 1 amide bonds. The third-order valence-corrected chi connectivity index (χ3v) is 4.25. The molecule has 0 saturated carbocycles. The first kappa shape index (κ1) is 15.3. The quantitative estimate of drug-likeness (QED) is 0.619. The number of hydrogen-bond acceptors (Lipinski definition) is 3. The minimum Gasteiger partial charge on any atom is -0.324 e. The second-order valence-electron chi connectivity index (χ2n) is 5.94. The van der Waals surface area contributed by atoms with Crippen LogP contribution in [0.3, 0.4) is 0 Å². The molecule has 0 fully saturated rings. The van der Waals surface area contributed by atoms with Gasteiger partial charge < -0.3 is 5.32 Å². The number of fused-ring (bicyclic) bond motifs is 2. The average molecular weight is 330 g/mol. The summed E-state index contributed by atoms with van der Waals surface area (Å²) in [7, 11) is 0. The van der Waals surface area contributed by atoms with Crippen molar-refractivity contribution in [2.24, 2.45) is 0 Å². The molecule has 5 heteroatoms. The maximum absolute atomic E-state index is 12.6. The zero-order chi connectivity index (χ0) is 17.2. The fourth-order valence-electron chi connectivity index (χ4n) is 2.99. The molecule has 0 saturated heterocycles. The van der Waals surface area contributed by atoms with E-state index in [9.17, 15) is 4.79 Å². The van der Waals surface area contributed by atoms with Gasteiger partial charge in [-0.2, -0.15) is 5.10 Å². The highest BCUT2D eigenvalue weighted by Crippen LogP contribution is 2.23. The highest BCUT2D eigenvalue weighted by Gasteiger charge is 2.11. The summed E-state index contributed by atoms with van der Waals surface area (Å²) in [5, 5.41) is 9.31. The number of anilines is 1. The number of benzene rings is 2. The number of hydrogen-bond donors (Lipinski definition) is 1. The lowest BCUT2D eigenvalue weighted by atomic mass is 10.1. The Balaban J connectivity index is 1.63. The Morgan fingerprint density at radius 2 is 1.92 bits per heavy atom. The minimum atomic E-state index is -0.104. The predicted molar refractivity (Wildman–Crippen MR) is 99.5 cm³/mol. The maximum atomic E-state index is 12.6. The lowest BCUT2D eigenvalue weighted by Crippen LogP contribution is -2.19. The third kappa shape index (κ3) is 2.96. The molecule has 1 N–H and O–H groups in total. The SMILES string of the molecule is CCc1cc(NC(=O)Cn2ncc3ccccc32)c2ccccc2n1. The van der Waals surface area contributed by atoms with Crippen molar-refractivity contribution >= 4 is 33.4 Å². The first-order valence-electron chi connectivity index (χ1n) is 8.33. The first-order valence-corrected chi connectivity index (χ1v) is 8.33. The second kappa shape index (κ2) is 6.36. The minimum absolute atomic E-state index is 0.104. The molecular formula is C20H18N4O. The second-order valence-corrected chi connectivity index (χ2v) is 5.94.